The first-order valence-electron chi connectivity index (χ1n) is 2.51. The van der Waals surface area contributed by atoms with Gasteiger partial charge in [-0.25, -0.2) is 0 Å². The van der Waals surface area contributed by atoms with Crippen LogP contribution >= 0.6 is 0 Å². The average molecular weight is 186 g/mol. The quantitative estimate of drug-likeness (QED) is 0.635. The van der Waals surface area contributed by atoms with Crippen LogP contribution in [0.25, 0.3) is 0 Å². The number of primary amides is 1. The van der Waals surface area contributed by atoms with Gasteiger partial charge in [0.2, 0.25) is 0 Å². The zero-order valence-electron chi connectivity index (χ0n) is 5.04. The molecule has 0 fully saturated rings. The van der Waals surface area contributed by atoms with Crippen LogP contribution in [0.1, 0.15) is 10.5 Å². The Labute approximate surface area is 69.1 Å². The molecule has 0 aliphatic carbocycles. The third kappa shape index (κ3) is 2.17. The molecule has 0 spiro atoms. The Bertz CT molecular complexity index is 212. The van der Waals surface area contributed by atoms with E-state index in [1.807, 2.05) is 0 Å². The summed E-state index contributed by atoms with van der Waals surface area (Å²) < 4.78 is 0. The van der Waals surface area contributed by atoms with E-state index >= 15 is 0 Å². The second-order valence-electron chi connectivity index (χ2n) is 1.58. The molecule has 0 saturated heterocycles. The molecule has 1 heterocycles. The fourth-order valence-electron chi connectivity index (χ4n) is 0.509. The van der Waals surface area contributed by atoms with Crippen molar-refractivity contribution in [1.82, 2.24) is 4.98 Å². The second kappa shape index (κ2) is 4.04. The van der Waals surface area contributed by atoms with Crippen molar-refractivity contribution in [1.29, 1.82) is 0 Å². The monoisotopic (exact) mass is 185 g/mol. The maximum Gasteiger partial charge on any atom is 0.267 e. The summed E-state index contributed by atoms with van der Waals surface area (Å²) >= 11 is 0. The average Bonchev–Trinajstić information content (AvgIpc) is 1.90. The van der Waals surface area contributed by atoms with Crippen molar-refractivity contribution in [2.75, 3.05) is 0 Å². The summed E-state index contributed by atoms with van der Waals surface area (Å²) in [7, 11) is 0. The molecule has 0 atom stereocenters. The standard InChI is InChI=1S/C6H6N2O.Cu/c7-6(9)5-3-1-2-4-8-5;/h1-4H,(H2,7,9);. The van der Waals surface area contributed by atoms with Gasteiger partial charge in [-0.05, 0) is 12.1 Å². The summed E-state index contributed by atoms with van der Waals surface area (Å²) in [5.41, 5.74) is 5.22. The number of nitrogens with zero attached hydrogens (tertiary/aromatic N) is 1. The molecule has 2 N–H and O–H groups in total. The maximum absolute atomic E-state index is 10.4. The van der Waals surface area contributed by atoms with Crippen molar-refractivity contribution >= 4 is 5.91 Å². The summed E-state index contributed by atoms with van der Waals surface area (Å²) in [4.78, 5) is 14.1. The third-order valence-electron chi connectivity index (χ3n) is 0.917. The predicted octanol–water partition coefficient (Wildman–Crippen LogP) is 0.178. The van der Waals surface area contributed by atoms with Crippen LogP contribution in [0.4, 0.5) is 0 Å². The van der Waals surface area contributed by atoms with Gasteiger partial charge >= 0.3 is 0 Å². The molecule has 1 radical (unpaired) electrons. The van der Waals surface area contributed by atoms with Crippen LogP contribution in [0.3, 0.4) is 0 Å². The Morgan fingerprint density at radius 3 is 2.50 bits per heavy atom. The van der Waals surface area contributed by atoms with Crippen LogP contribution in [0.2, 0.25) is 0 Å². The van der Waals surface area contributed by atoms with Gasteiger partial charge in [-0.2, -0.15) is 0 Å². The van der Waals surface area contributed by atoms with E-state index in [2.05, 4.69) is 4.98 Å². The zero-order chi connectivity index (χ0) is 6.69. The van der Waals surface area contributed by atoms with Crippen molar-refractivity contribution < 1.29 is 21.9 Å². The minimum Gasteiger partial charge on any atom is -0.364 e. The van der Waals surface area contributed by atoms with Crippen LogP contribution in [-0.4, -0.2) is 10.9 Å². The molecule has 1 amide bonds. The number of nitrogens with two attached hydrogens (primary N) is 1. The van der Waals surface area contributed by atoms with Gasteiger partial charge in [-0.1, -0.05) is 6.07 Å². The van der Waals surface area contributed by atoms with E-state index < -0.39 is 5.91 Å². The van der Waals surface area contributed by atoms with Gasteiger partial charge in [0, 0.05) is 23.3 Å². The van der Waals surface area contributed by atoms with Crippen molar-refractivity contribution in [2.45, 2.75) is 0 Å². The molecule has 10 heavy (non-hydrogen) atoms. The van der Waals surface area contributed by atoms with E-state index in [1.54, 1.807) is 18.2 Å². The normalized spacial score (nSPS) is 8.00. The van der Waals surface area contributed by atoms with E-state index in [4.69, 9.17) is 5.73 Å². The van der Waals surface area contributed by atoms with Crippen LogP contribution in [-0.2, 0) is 17.1 Å². The van der Waals surface area contributed by atoms with Gasteiger partial charge in [0.25, 0.3) is 5.91 Å². The number of amides is 1. The fourth-order valence-corrected chi connectivity index (χ4v) is 0.509. The molecular weight excluding hydrogens is 180 g/mol. The zero-order valence-corrected chi connectivity index (χ0v) is 5.99. The SMILES string of the molecule is NC(=O)c1ccccn1.[Cu]. The Hall–Kier alpha value is -0.861. The first kappa shape index (κ1) is 9.14. The smallest absolute Gasteiger partial charge is 0.267 e. The number of pyridine rings is 1. The number of hydrogen-bond acceptors (Lipinski definition) is 2. The molecule has 0 unspecified atom stereocenters. The Kier molecular flexibility index (Phi) is 3.69. The fraction of sp³-hybridized carbons (Fsp3) is 0. The van der Waals surface area contributed by atoms with Gasteiger partial charge in [0.1, 0.15) is 5.69 Å². The van der Waals surface area contributed by atoms with E-state index in [-0.39, 0.29) is 17.1 Å². The molecule has 0 aliphatic heterocycles. The van der Waals surface area contributed by atoms with E-state index in [9.17, 15) is 4.79 Å². The second-order valence-corrected chi connectivity index (χ2v) is 1.58. The summed E-state index contributed by atoms with van der Waals surface area (Å²) in [6, 6.07) is 5.02. The number of carbonyl (C=O) groups is 1. The maximum atomic E-state index is 10.4. The van der Waals surface area contributed by atoms with Crippen molar-refractivity contribution in [3.63, 3.8) is 0 Å². The van der Waals surface area contributed by atoms with E-state index in [0.29, 0.717) is 5.69 Å². The molecule has 1 aromatic heterocycles. The van der Waals surface area contributed by atoms with Gasteiger partial charge in [-0.15, -0.1) is 0 Å². The summed E-state index contributed by atoms with van der Waals surface area (Å²) in [5, 5.41) is 0. The molecular formula is C6H6CuN2O. The van der Waals surface area contributed by atoms with E-state index in [0.717, 1.165) is 0 Å². The van der Waals surface area contributed by atoms with E-state index in [1.165, 1.54) is 6.20 Å². The molecule has 0 aliphatic rings. The minimum absolute atomic E-state index is 0. The first-order valence-corrected chi connectivity index (χ1v) is 2.51. The first-order chi connectivity index (χ1) is 4.30. The van der Waals surface area contributed by atoms with Crippen LogP contribution in [0.5, 0.6) is 0 Å². The molecule has 1 aromatic rings. The van der Waals surface area contributed by atoms with Crippen LogP contribution in [0.15, 0.2) is 24.4 Å². The number of aromatic nitrogens is 1. The number of carbonyl (C=O) groups excluding carboxylic acids is 1. The van der Waals surface area contributed by atoms with Crippen LogP contribution < -0.4 is 5.73 Å². The Balaban J connectivity index is 0.000000810. The summed E-state index contributed by atoms with van der Waals surface area (Å²) in [6.45, 7) is 0. The predicted molar refractivity (Wildman–Crippen MR) is 32.8 cm³/mol. The molecule has 1 rings (SSSR count). The van der Waals surface area contributed by atoms with Crippen molar-refractivity contribution in [3.05, 3.63) is 30.1 Å². The summed E-state index contributed by atoms with van der Waals surface area (Å²) in [6.07, 6.45) is 1.53. The van der Waals surface area contributed by atoms with Gasteiger partial charge in [0.05, 0.1) is 0 Å². The number of hydrogen-bond donors (Lipinski definition) is 1. The third-order valence-corrected chi connectivity index (χ3v) is 0.917. The minimum atomic E-state index is -0.490. The number of rotatable bonds is 1. The summed E-state index contributed by atoms with van der Waals surface area (Å²) in [5.74, 6) is -0.490. The van der Waals surface area contributed by atoms with Crippen LogP contribution in [0, 0.1) is 0 Å². The molecule has 4 heteroatoms. The van der Waals surface area contributed by atoms with Crippen molar-refractivity contribution in [3.8, 4) is 0 Å². The molecule has 57 valence electrons. The van der Waals surface area contributed by atoms with Gasteiger partial charge < -0.3 is 5.73 Å². The molecule has 3 nitrogen and oxygen atoms in total. The van der Waals surface area contributed by atoms with Gasteiger partial charge in [0.15, 0.2) is 0 Å². The topological polar surface area (TPSA) is 56.0 Å². The largest absolute Gasteiger partial charge is 0.364 e. The Morgan fingerprint density at radius 1 is 1.50 bits per heavy atom. The van der Waals surface area contributed by atoms with Gasteiger partial charge in [-0.3, -0.25) is 9.78 Å². The molecule has 0 saturated carbocycles. The Morgan fingerprint density at radius 2 is 2.20 bits per heavy atom. The van der Waals surface area contributed by atoms with Crippen molar-refractivity contribution in [2.24, 2.45) is 5.73 Å². The molecule has 0 aromatic carbocycles. The molecule has 0 bridgehead atoms.